The van der Waals surface area contributed by atoms with Crippen LogP contribution in [-0.4, -0.2) is 39.5 Å². The van der Waals surface area contributed by atoms with Crippen LogP contribution in [0.3, 0.4) is 0 Å². The summed E-state index contributed by atoms with van der Waals surface area (Å²) < 4.78 is 12.6. The number of thiophene rings is 1. The summed E-state index contributed by atoms with van der Waals surface area (Å²) in [5, 5.41) is 12.5. The smallest absolute Gasteiger partial charge is 0.341 e. The minimum atomic E-state index is -0.399. The van der Waals surface area contributed by atoms with E-state index in [1.54, 1.807) is 0 Å². The van der Waals surface area contributed by atoms with Crippen LogP contribution in [-0.2, 0) is 36.0 Å². The monoisotopic (exact) mass is 486 g/mol. The number of carbonyl (C=O) groups is 2. The zero-order chi connectivity index (χ0) is 23.4. The van der Waals surface area contributed by atoms with E-state index in [0.29, 0.717) is 21.5 Å². The highest BCUT2D eigenvalue weighted by Crippen LogP contribution is 2.38. The summed E-state index contributed by atoms with van der Waals surface area (Å²) in [6, 6.07) is 7.80. The predicted molar refractivity (Wildman–Crippen MR) is 128 cm³/mol. The van der Waals surface area contributed by atoms with Gasteiger partial charge in [0.25, 0.3) is 0 Å². The van der Waals surface area contributed by atoms with Gasteiger partial charge in [-0.05, 0) is 50.3 Å². The number of methoxy groups -OCH3 is 1. The first-order chi connectivity index (χ1) is 16.0. The standard InChI is InChI=1S/C23H26N4O4S2/c1-14-8-10-15(11-9-14)31-12-18-25-26-23(27(18)2)32-13-19(28)24-21-20(22(29)30-3)16-6-4-5-7-17(16)33-21/h8-11H,4-7,12-13H2,1-3H3,(H,24,28). The highest BCUT2D eigenvalue weighted by Gasteiger charge is 2.27. The summed E-state index contributed by atoms with van der Waals surface area (Å²) >= 11 is 2.76. The van der Waals surface area contributed by atoms with Crippen LogP contribution < -0.4 is 10.1 Å². The average Bonchev–Trinajstić information content (AvgIpc) is 3.36. The molecule has 33 heavy (non-hydrogen) atoms. The number of hydrogen-bond acceptors (Lipinski definition) is 8. The minimum absolute atomic E-state index is 0.147. The van der Waals surface area contributed by atoms with Crippen LogP contribution in [0, 0.1) is 6.92 Å². The summed E-state index contributed by atoms with van der Waals surface area (Å²) in [4.78, 5) is 26.2. The summed E-state index contributed by atoms with van der Waals surface area (Å²) in [5.74, 6) is 0.969. The van der Waals surface area contributed by atoms with Gasteiger partial charge < -0.3 is 19.4 Å². The van der Waals surface area contributed by atoms with E-state index in [0.717, 1.165) is 41.9 Å². The van der Waals surface area contributed by atoms with Crippen molar-refractivity contribution < 1.29 is 19.1 Å². The average molecular weight is 487 g/mol. The van der Waals surface area contributed by atoms with Gasteiger partial charge in [0, 0.05) is 11.9 Å². The van der Waals surface area contributed by atoms with Crippen molar-refractivity contribution in [1.29, 1.82) is 0 Å². The fraction of sp³-hybridized carbons (Fsp3) is 0.391. The molecule has 0 radical (unpaired) electrons. The van der Waals surface area contributed by atoms with E-state index in [-0.39, 0.29) is 18.3 Å². The molecule has 1 amide bonds. The number of ether oxygens (including phenoxy) is 2. The molecular formula is C23H26N4O4S2. The van der Waals surface area contributed by atoms with Gasteiger partial charge in [-0.15, -0.1) is 21.5 Å². The minimum Gasteiger partial charge on any atom is -0.486 e. The third-order valence-electron chi connectivity index (χ3n) is 5.46. The van der Waals surface area contributed by atoms with Crippen molar-refractivity contribution in [2.75, 3.05) is 18.2 Å². The van der Waals surface area contributed by atoms with Crippen LogP contribution in [0.2, 0.25) is 0 Å². The molecule has 1 aromatic carbocycles. The highest BCUT2D eigenvalue weighted by atomic mass is 32.2. The third-order valence-corrected chi connectivity index (χ3v) is 7.69. The number of aromatic nitrogens is 3. The van der Waals surface area contributed by atoms with E-state index in [9.17, 15) is 9.59 Å². The normalized spacial score (nSPS) is 12.8. The molecule has 0 fully saturated rings. The Morgan fingerprint density at radius 3 is 2.70 bits per heavy atom. The first-order valence-electron chi connectivity index (χ1n) is 10.7. The van der Waals surface area contributed by atoms with Crippen LogP contribution in [0.4, 0.5) is 5.00 Å². The maximum atomic E-state index is 12.7. The Morgan fingerprint density at radius 2 is 1.94 bits per heavy atom. The summed E-state index contributed by atoms with van der Waals surface area (Å²) in [6.07, 6.45) is 3.91. The lowest BCUT2D eigenvalue weighted by molar-refractivity contribution is -0.113. The van der Waals surface area contributed by atoms with Crippen LogP contribution in [0.1, 0.15) is 45.0 Å². The maximum absolute atomic E-state index is 12.7. The van der Waals surface area contributed by atoms with Crippen molar-refractivity contribution in [3.8, 4) is 5.75 Å². The van der Waals surface area contributed by atoms with Gasteiger partial charge in [-0.1, -0.05) is 29.5 Å². The van der Waals surface area contributed by atoms with Crippen molar-refractivity contribution in [2.24, 2.45) is 7.05 Å². The van der Waals surface area contributed by atoms with E-state index < -0.39 is 5.97 Å². The third kappa shape index (κ3) is 5.39. The second-order valence-corrected chi connectivity index (χ2v) is 9.85. The second-order valence-electron chi connectivity index (χ2n) is 7.80. The van der Waals surface area contributed by atoms with Gasteiger partial charge in [0.05, 0.1) is 18.4 Å². The Morgan fingerprint density at radius 1 is 1.18 bits per heavy atom. The van der Waals surface area contributed by atoms with E-state index >= 15 is 0 Å². The van der Waals surface area contributed by atoms with E-state index in [1.165, 1.54) is 35.8 Å². The molecule has 2 aromatic heterocycles. The molecule has 0 unspecified atom stereocenters. The zero-order valence-corrected chi connectivity index (χ0v) is 20.5. The lowest BCUT2D eigenvalue weighted by Gasteiger charge is -2.11. The number of hydrogen-bond donors (Lipinski definition) is 1. The maximum Gasteiger partial charge on any atom is 0.341 e. The van der Waals surface area contributed by atoms with Gasteiger partial charge in [-0.2, -0.15) is 0 Å². The van der Waals surface area contributed by atoms with Crippen molar-refractivity contribution in [1.82, 2.24) is 14.8 Å². The molecule has 3 aromatic rings. The number of benzene rings is 1. The Kier molecular flexibility index (Phi) is 7.34. The molecule has 0 saturated carbocycles. The van der Waals surface area contributed by atoms with Crippen molar-refractivity contribution >= 4 is 40.0 Å². The van der Waals surface area contributed by atoms with Gasteiger partial charge in [0.1, 0.15) is 17.4 Å². The number of aryl methyl sites for hydroxylation is 2. The van der Waals surface area contributed by atoms with Crippen LogP contribution in [0.5, 0.6) is 5.75 Å². The molecule has 1 aliphatic carbocycles. The first kappa shape index (κ1) is 23.3. The highest BCUT2D eigenvalue weighted by molar-refractivity contribution is 7.99. The number of nitrogens with one attached hydrogen (secondary N) is 1. The lowest BCUT2D eigenvalue weighted by Crippen LogP contribution is -2.17. The number of rotatable bonds is 8. The fourth-order valence-electron chi connectivity index (χ4n) is 3.64. The fourth-order valence-corrected chi connectivity index (χ4v) is 5.67. The van der Waals surface area contributed by atoms with E-state index in [2.05, 4.69) is 15.5 Å². The molecule has 4 rings (SSSR count). The molecule has 0 spiro atoms. The number of carbonyl (C=O) groups excluding carboxylic acids is 2. The van der Waals surface area contributed by atoms with Crippen molar-refractivity contribution in [2.45, 2.75) is 44.4 Å². The van der Waals surface area contributed by atoms with Gasteiger partial charge in [-0.3, -0.25) is 4.79 Å². The second kappa shape index (κ2) is 10.4. The summed E-state index contributed by atoms with van der Waals surface area (Å²) in [5.41, 5.74) is 2.69. The molecule has 174 valence electrons. The molecule has 1 N–H and O–H groups in total. The molecule has 0 bridgehead atoms. The van der Waals surface area contributed by atoms with Gasteiger partial charge in [0.2, 0.25) is 5.91 Å². The molecular weight excluding hydrogens is 460 g/mol. The Bertz CT molecular complexity index is 1150. The number of amides is 1. The van der Waals surface area contributed by atoms with Crippen LogP contribution in [0.15, 0.2) is 29.4 Å². The zero-order valence-electron chi connectivity index (χ0n) is 18.8. The van der Waals surface area contributed by atoms with Gasteiger partial charge in [0.15, 0.2) is 11.0 Å². The van der Waals surface area contributed by atoms with Crippen LogP contribution >= 0.6 is 23.1 Å². The Balaban J connectivity index is 1.36. The quantitative estimate of drug-likeness (QED) is 0.377. The van der Waals surface area contributed by atoms with E-state index in [4.69, 9.17) is 9.47 Å². The van der Waals surface area contributed by atoms with Gasteiger partial charge in [-0.25, -0.2) is 4.79 Å². The Hall–Kier alpha value is -2.85. The molecule has 2 heterocycles. The topological polar surface area (TPSA) is 95.3 Å². The van der Waals surface area contributed by atoms with Crippen molar-refractivity contribution in [3.05, 3.63) is 51.7 Å². The molecule has 0 saturated heterocycles. The molecule has 8 nitrogen and oxygen atoms in total. The first-order valence-corrected chi connectivity index (χ1v) is 12.5. The molecule has 0 atom stereocenters. The summed E-state index contributed by atoms with van der Waals surface area (Å²) in [7, 11) is 3.21. The molecule has 10 heteroatoms. The number of nitrogens with zero attached hydrogens (tertiary/aromatic N) is 3. The molecule has 1 aliphatic rings. The van der Waals surface area contributed by atoms with Gasteiger partial charge >= 0.3 is 5.97 Å². The number of anilines is 1. The number of thioether (sulfide) groups is 1. The van der Waals surface area contributed by atoms with Crippen LogP contribution in [0.25, 0.3) is 0 Å². The van der Waals surface area contributed by atoms with Crippen molar-refractivity contribution in [3.63, 3.8) is 0 Å². The summed E-state index contributed by atoms with van der Waals surface area (Å²) in [6.45, 7) is 2.30. The number of fused-ring (bicyclic) bond motifs is 1. The largest absolute Gasteiger partial charge is 0.486 e. The lowest BCUT2D eigenvalue weighted by atomic mass is 9.95. The van der Waals surface area contributed by atoms with E-state index in [1.807, 2.05) is 42.8 Å². The SMILES string of the molecule is COC(=O)c1c(NC(=O)CSc2nnc(COc3ccc(C)cc3)n2C)sc2c1CCCC2. The predicted octanol–water partition coefficient (Wildman–Crippen LogP) is 4.16. The molecule has 0 aliphatic heterocycles. The number of esters is 1. The Labute approximate surface area is 200 Å².